The van der Waals surface area contributed by atoms with Crippen molar-refractivity contribution in [2.24, 2.45) is 5.92 Å². The summed E-state index contributed by atoms with van der Waals surface area (Å²) in [6, 6.07) is 0.636. The van der Waals surface area contributed by atoms with Crippen molar-refractivity contribution in [3.8, 4) is 0 Å². The van der Waals surface area contributed by atoms with Crippen molar-refractivity contribution < 1.29 is 4.74 Å². The Morgan fingerprint density at radius 3 is 2.86 bits per heavy atom. The van der Waals surface area contributed by atoms with Gasteiger partial charge in [-0.3, -0.25) is 0 Å². The first kappa shape index (κ1) is 12.3. The molecule has 0 aromatic rings. The molecule has 84 valence electrons. The maximum absolute atomic E-state index is 5.42. The van der Waals surface area contributed by atoms with Gasteiger partial charge in [-0.15, -0.1) is 0 Å². The summed E-state index contributed by atoms with van der Waals surface area (Å²) in [5, 5.41) is 4.21. The van der Waals surface area contributed by atoms with Crippen LogP contribution >= 0.6 is 11.8 Å². The van der Waals surface area contributed by atoms with Crippen LogP contribution in [-0.4, -0.2) is 37.3 Å². The molecule has 3 atom stereocenters. The van der Waals surface area contributed by atoms with Gasteiger partial charge in [0.25, 0.3) is 0 Å². The van der Waals surface area contributed by atoms with Crippen LogP contribution in [0.15, 0.2) is 0 Å². The largest absolute Gasteiger partial charge is 0.381 e. The molecule has 0 saturated carbocycles. The third-order valence-corrected chi connectivity index (χ3v) is 4.49. The van der Waals surface area contributed by atoms with Crippen LogP contribution in [0.1, 0.15) is 26.7 Å². The maximum Gasteiger partial charge on any atom is 0.0510 e. The highest BCUT2D eigenvalue weighted by Crippen LogP contribution is 2.22. The summed E-state index contributed by atoms with van der Waals surface area (Å²) in [7, 11) is 2.07. The number of ether oxygens (including phenoxy) is 1. The van der Waals surface area contributed by atoms with Gasteiger partial charge >= 0.3 is 0 Å². The van der Waals surface area contributed by atoms with Crippen LogP contribution < -0.4 is 5.32 Å². The molecule has 0 aliphatic carbocycles. The van der Waals surface area contributed by atoms with Crippen molar-refractivity contribution in [1.29, 1.82) is 0 Å². The highest BCUT2D eigenvalue weighted by atomic mass is 32.2. The van der Waals surface area contributed by atoms with Crippen LogP contribution in [0.5, 0.6) is 0 Å². The Bertz CT molecular complexity index is 148. The van der Waals surface area contributed by atoms with Crippen molar-refractivity contribution in [2.45, 2.75) is 38.0 Å². The molecule has 0 amide bonds. The molecule has 1 heterocycles. The van der Waals surface area contributed by atoms with Crippen molar-refractivity contribution in [3.63, 3.8) is 0 Å². The highest BCUT2D eigenvalue weighted by molar-refractivity contribution is 7.99. The van der Waals surface area contributed by atoms with Crippen LogP contribution in [0.25, 0.3) is 0 Å². The lowest BCUT2D eigenvalue weighted by Crippen LogP contribution is -2.36. The van der Waals surface area contributed by atoms with E-state index in [4.69, 9.17) is 4.74 Å². The number of hydrogen-bond acceptors (Lipinski definition) is 3. The van der Waals surface area contributed by atoms with E-state index >= 15 is 0 Å². The van der Waals surface area contributed by atoms with E-state index in [0.717, 1.165) is 24.4 Å². The van der Waals surface area contributed by atoms with Gasteiger partial charge in [-0.2, -0.15) is 11.8 Å². The van der Waals surface area contributed by atoms with E-state index in [9.17, 15) is 0 Å². The van der Waals surface area contributed by atoms with E-state index in [-0.39, 0.29) is 0 Å². The fourth-order valence-corrected chi connectivity index (χ4v) is 2.92. The summed E-state index contributed by atoms with van der Waals surface area (Å²) in [6.07, 6.45) is 2.49. The summed E-state index contributed by atoms with van der Waals surface area (Å²) in [4.78, 5) is 0. The third-order valence-electron chi connectivity index (χ3n) is 3.04. The lowest BCUT2D eigenvalue weighted by Gasteiger charge is -2.22. The van der Waals surface area contributed by atoms with Gasteiger partial charge in [0, 0.05) is 29.6 Å². The molecule has 0 radical (unpaired) electrons. The van der Waals surface area contributed by atoms with Gasteiger partial charge in [0.2, 0.25) is 0 Å². The predicted molar refractivity (Wildman–Crippen MR) is 64.0 cm³/mol. The second-order valence-corrected chi connectivity index (χ2v) is 5.54. The standard InChI is InChI=1S/C11H23NOS/c1-4-9(2)14-8-11(12-3)10-5-6-13-7-10/h9-12H,4-8H2,1-3H3. The molecule has 0 aromatic heterocycles. The van der Waals surface area contributed by atoms with Crippen LogP contribution in [0.3, 0.4) is 0 Å². The second-order valence-electron chi connectivity index (χ2n) is 4.07. The minimum absolute atomic E-state index is 0.636. The smallest absolute Gasteiger partial charge is 0.0510 e. The van der Waals surface area contributed by atoms with Gasteiger partial charge in [-0.25, -0.2) is 0 Å². The zero-order valence-corrected chi connectivity index (χ0v) is 10.4. The van der Waals surface area contributed by atoms with Crippen LogP contribution in [0.2, 0.25) is 0 Å². The molecule has 3 heteroatoms. The summed E-state index contributed by atoms with van der Waals surface area (Å²) >= 11 is 2.08. The third kappa shape index (κ3) is 3.79. The topological polar surface area (TPSA) is 21.3 Å². The minimum Gasteiger partial charge on any atom is -0.381 e. The quantitative estimate of drug-likeness (QED) is 0.736. The van der Waals surface area contributed by atoms with Crippen LogP contribution in [0, 0.1) is 5.92 Å². The fraction of sp³-hybridized carbons (Fsp3) is 1.00. The zero-order chi connectivity index (χ0) is 10.4. The molecular weight excluding hydrogens is 194 g/mol. The molecular formula is C11H23NOS. The molecule has 1 fully saturated rings. The van der Waals surface area contributed by atoms with Crippen molar-refractivity contribution >= 4 is 11.8 Å². The monoisotopic (exact) mass is 217 g/mol. The van der Waals surface area contributed by atoms with Crippen molar-refractivity contribution in [1.82, 2.24) is 5.32 Å². The molecule has 1 saturated heterocycles. The summed E-state index contributed by atoms with van der Waals surface area (Å²) in [5.41, 5.74) is 0. The number of rotatable bonds is 6. The van der Waals surface area contributed by atoms with Crippen LogP contribution in [-0.2, 0) is 4.74 Å². The first-order valence-electron chi connectivity index (χ1n) is 5.64. The lowest BCUT2D eigenvalue weighted by atomic mass is 10.0. The molecule has 0 bridgehead atoms. The van der Waals surface area contributed by atoms with Crippen LogP contribution in [0.4, 0.5) is 0 Å². The van der Waals surface area contributed by atoms with E-state index < -0.39 is 0 Å². The van der Waals surface area contributed by atoms with E-state index in [0.29, 0.717) is 6.04 Å². The van der Waals surface area contributed by atoms with E-state index in [2.05, 4.69) is 38.0 Å². The van der Waals surface area contributed by atoms with E-state index in [1.807, 2.05) is 0 Å². The normalized spacial score (nSPS) is 26.4. The first-order valence-corrected chi connectivity index (χ1v) is 6.69. The Kier molecular flexibility index (Phi) is 5.90. The van der Waals surface area contributed by atoms with Crippen molar-refractivity contribution in [2.75, 3.05) is 26.0 Å². The SMILES string of the molecule is CCC(C)SCC(NC)C1CCOC1. The van der Waals surface area contributed by atoms with Gasteiger partial charge in [-0.1, -0.05) is 13.8 Å². The molecule has 3 unspecified atom stereocenters. The number of hydrogen-bond donors (Lipinski definition) is 1. The molecule has 1 aliphatic rings. The Hall–Kier alpha value is 0.270. The maximum atomic E-state index is 5.42. The van der Waals surface area contributed by atoms with Crippen molar-refractivity contribution in [3.05, 3.63) is 0 Å². The molecule has 0 aromatic carbocycles. The average molecular weight is 217 g/mol. The Morgan fingerprint density at radius 1 is 1.57 bits per heavy atom. The summed E-state index contributed by atoms with van der Waals surface area (Å²) in [6.45, 7) is 6.47. The van der Waals surface area contributed by atoms with Gasteiger partial charge in [0.05, 0.1) is 6.61 Å². The van der Waals surface area contributed by atoms with Gasteiger partial charge in [0.15, 0.2) is 0 Å². The highest BCUT2D eigenvalue weighted by Gasteiger charge is 2.24. The Morgan fingerprint density at radius 2 is 2.36 bits per heavy atom. The molecule has 1 N–H and O–H groups in total. The minimum atomic E-state index is 0.636. The first-order chi connectivity index (χ1) is 6.77. The average Bonchev–Trinajstić information content (AvgIpc) is 2.72. The molecule has 1 aliphatic heterocycles. The molecule has 1 rings (SSSR count). The number of thioether (sulfide) groups is 1. The summed E-state index contributed by atoms with van der Waals surface area (Å²) in [5.74, 6) is 1.95. The van der Waals surface area contributed by atoms with E-state index in [1.165, 1.54) is 18.6 Å². The second kappa shape index (κ2) is 6.70. The van der Waals surface area contributed by atoms with E-state index in [1.54, 1.807) is 0 Å². The van der Waals surface area contributed by atoms with Gasteiger partial charge in [-0.05, 0) is 19.9 Å². The Balaban J connectivity index is 2.23. The van der Waals surface area contributed by atoms with Gasteiger partial charge < -0.3 is 10.1 Å². The molecule has 2 nitrogen and oxygen atoms in total. The molecule has 14 heavy (non-hydrogen) atoms. The fourth-order valence-electron chi connectivity index (χ4n) is 1.71. The predicted octanol–water partition coefficient (Wildman–Crippen LogP) is 2.14. The lowest BCUT2D eigenvalue weighted by molar-refractivity contribution is 0.179. The number of nitrogens with one attached hydrogen (secondary N) is 1. The summed E-state index contributed by atoms with van der Waals surface area (Å²) < 4.78 is 5.42. The Labute approximate surface area is 92.2 Å². The van der Waals surface area contributed by atoms with Gasteiger partial charge in [0.1, 0.15) is 0 Å². The molecule has 0 spiro atoms. The zero-order valence-electron chi connectivity index (χ0n) is 9.58.